The summed E-state index contributed by atoms with van der Waals surface area (Å²) in [6, 6.07) is 8.67. The largest absolute Gasteiger partial charge is 0.532 e. The van der Waals surface area contributed by atoms with Crippen molar-refractivity contribution in [3.8, 4) is 0 Å². The van der Waals surface area contributed by atoms with Gasteiger partial charge in [-0.05, 0) is 20.8 Å². The monoisotopic (exact) mass is 212 g/mol. The van der Waals surface area contributed by atoms with Crippen molar-refractivity contribution < 1.29 is 14.0 Å². The highest BCUT2D eigenvalue weighted by Crippen LogP contribution is 2.12. The van der Waals surface area contributed by atoms with Crippen molar-refractivity contribution in [2.24, 2.45) is 0 Å². The number of hydrogen-bond acceptors (Lipinski definition) is 3. The van der Waals surface area contributed by atoms with Gasteiger partial charge in [-0.15, -0.1) is 0 Å². The molecule has 0 fully saturated rings. The maximum absolute atomic E-state index is 9.79. The Kier molecular flexibility index (Phi) is 3.11. The molecule has 0 saturated carbocycles. The van der Waals surface area contributed by atoms with Crippen LogP contribution in [0.4, 0.5) is 0 Å². The molecule has 0 saturated heterocycles. The van der Waals surface area contributed by atoms with E-state index >= 15 is 0 Å². The molecule has 0 aliphatic heterocycles. The first-order valence-electron chi connectivity index (χ1n) is 4.52. The van der Waals surface area contributed by atoms with Crippen LogP contribution >= 0.6 is 0 Å². The van der Waals surface area contributed by atoms with E-state index < -0.39 is 14.4 Å². The fraction of sp³-hybridized carbons (Fsp3) is 0.400. The first-order chi connectivity index (χ1) is 6.31. The van der Waals surface area contributed by atoms with Crippen molar-refractivity contribution in [3.05, 3.63) is 30.3 Å². The normalized spacial score (nSPS) is 12.9. The van der Waals surface area contributed by atoms with Crippen LogP contribution in [0.3, 0.4) is 0 Å². The summed E-state index contributed by atoms with van der Waals surface area (Å²) in [5.41, 5.74) is -0.550. The van der Waals surface area contributed by atoms with E-state index in [-0.39, 0.29) is 0 Å². The standard InChI is InChI=1S/C10H16O3Si/c1-10(2,3)13-14(11,12)9-7-5-4-6-8-9/h4-8,11-12H,1-3H3. The number of benzene rings is 1. The van der Waals surface area contributed by atoms with Crippen molar-refractivity contribution in [2.45, 2.75) is 26.4 Å². The molecule has 0 spiro atoms. The smallest absolute Gasteiger partial charge is 0.386 e. The molecule has 0 radical (unpaired) electrons. The van der Waals surface area contributed by atoms with Gasteiger partial charge in [-0.2, -0.15) is 0 Å². The average molecular weight is 212 g/mol. The van der Waals surface area contributed by atoms with E-state index in [1.807, 2.05) is 6.07 Å². The summed E-state index contributed by atoms with van der Waals surface area (Å²) in [6.45, 7) is 5.39. The van der Waals surface area contributed by atoms with Gasteiger partial charge in [0.2, 0.25) is 0 Å². The predicted molar refractivity (Wildman–Crippen MR) is 57.1 cm³/mol. The molecule has 14 heavy (non-hydrogen) atoms. The van der Waals surface area contributed by atoms with Gasteiger partial charge in [0.1, 0.15) is 0 Å². The summed E-state index contributed by atoms with van der Waals surface area (Å²) < 4.78 is 5.26. The maximum atomic E-state index is 9.79. The van der Waals surface area contributed by atoms with Gasteiger partial charge in [0.15, 0.2) is 0 Å². The van der Waals surface area contributed by atoms with Crippen molar-refractivity contribution in [1.82, 2.24) is 0 Å². The lowest BCUT2D eigenvalue weighted by Crippen LogP contribution is -2.55. The van der Waals surface area contributed by atoms with Gasteiger partial charge < -0.3 is 14.0 Å². The summed E-state index contributed by atoms with van der Waals surface area (Å²) in [5, 5.41) is 0.468. The third-order valence-electron chi connectivity index (χ3n) is 1.60. The van der Waals surface area contributed by atoms with Crippen LogP contribution < -0.4 is 5.19 Å². The third kappa shape index (κ3) is 3.23. The molecule has 0 unspecified atom stereocenters. The predicted octanol–water partition coefficient (Wildman–Crippen LogP) is 0.632. The summed E-state index contributed by atoms with van der Waals surface area (Å²) in [6.07, 6.45) is 0. The fourth-order valence-corrected chi connectivity index (χ4v) is 2.74. The third-order valence-corrected chi connectivity index (χ3v) is 3.58. The topological polar surface area (TPSA) is 49.7 Å². The Bertz CT molecular complexity index is 290. The van der Waals surface area contributed by atoms with E-state index in [0.29, 0.717) is 5.19 Å². The number of rotatable bonds is 2. The zero-order chi connectivity index (χ0) is 10.8. The lowest BCUT2D eigenvalue weighted by molar-refractivity contribution is 0.0507. The van der Waals surface area contributed by atoms with Gasteiger partial charge >= 0.3 is 8.80 Å². The molecule has 0 bridgehead atoms. The average Bonchev–Trinajstić information content (AvgIpc) is 2.01. The quantitative estimate of drug-likeness (QED) is 0.707. The van der Waals surface area contributed by atoms with Crippen molar-refractivity contribution in [1.29, 1.82) is 0 Å². The SMILES string of the molecule is CC(C)(C)O[Si](O)(O)c1ccccc1. The highest BCUT2D eigenvalue weighted by atomic mass is 28.4. The lowest BCUT2D eigenvalue weighted by atomic mass is 10.2. The molecule has 78 valence electrons. The highest BCUT2D eigenvalue weighted by Gasteiger charge is 2.39. The Hall–Kier alpha value is -0.683. The van der Waals surface area contributed by atoms with Crippen LogP contribution in [0.1, 0.15) is 20.8 Å². The van der Waals surface area contributed by atoms with Crippen molar-refractivity contribution in [2.75, 3.05) is 0 Å². The van der Waals surface area contributed by atoms with Gasteiger partial charge in [0, 0.05) is 5.19 Å². The van der Waals surface area contributed by atoms with Gasteiger partial charge in [-0.25, -0.2) is 0 Å². The lowest BCUT2D eigenvalue weighted by Gasteiger charge is -2.27. The Morgan fingerprint density at radius 1 is 1.07 bits per heavy atom. The van der Waals surface area contributed by atoms with E-state index in [1.165, 1.54) is 0 Å². The van der Waals surface area contributed by atoms with Crippen LogP contribution in [0.25, 0.3) is 0 Å². The van der Waals surface area contributed by atoms with Gasteiger partial charge in [-0.1, -0.05) is 30.3 Å². The molecule has 0 amide bonds. The summed E-state index contributed by atoms with van der Waals surface area (Å²) in [4.78, 5) is 19.6. The molecule has 0 atom stereocenters. The first-order valence-corrected chi connectivity index (χ1v) is 6.32. The van der Waals surface area contributed by atoms with Crippen LogP contribution in [0.2, 0.25) is 0 Å². The van der Waals surface area contributed by atoms with E-state index in [2.05, 4.69) is 0 Å². The molecule has 1 rings (SSSR count). The fourth-order valence-electron chi connectivity index (χ4n) is 1.14. The van der Waals surface area contributed by atoms with Crippen LogP contribution in [-0.4, -0.2) is 24.0 Å². The van der Waals surface area contributed by atoms with Crippen LogP contribution in [0.15, 0.2) is 30.3 Å². The zero-order valence-corrected chi connectivity index (χ0v) is 9.69. The molecule has 0 aromatic heterocycles. The summed E-state index contributed by atoms with van der Waals surface area (Å²) in [5.74, 6) is 0. The minimum absolute atomic E-state index is 0.468. The van der Waals surface area contributed by atoms with Crippen LogP contribution in [0.5, 0.6) is 0 Å². The van der Waals surface area contributed by atoms with E-state index in [1.54, 1.807) is 45.0 Å². The Balaban J connectivity index is 2.86. The van der Waals surface area contributed by atoms with E-state index in [4.69, 9.17) is 4.43 Å². The van der Waals surface area contributed by atoms with Crippen LogP contribution in [-0.2, 0) is 4.43 Å². The maximum Gasteiger partial charge on any atom is 0.532 e. The highest BCUT2D eigenvalue weighted by molar-refractivity contribution is 6.72. The van der Waals surface area contributed by atoms with Crippen molar-refractivity contribution in [3.63, 3.8) is 0 Å². The van der Waals surface area contributed by atoms with Crippen LogP contribution in [0, 0.1) is 0 Å². The molecule has 1 aromatic carbocycles. The summed E-state index contributed by atoms with van der Waals surface area (Å²) in [7, 11) is -3.71. The second-order valence-corrected chi connectivity index (χ2v) is 6.19. The van der Waals surface area contributed by atoms with Gasteiger partial charge in [0.25, 0.3) is 0 Å². The Morgan fingerprint density at radius 3 is 2.00 bits per heavy atom. The van der Waals surface area contributed by atoms with Crippen molar-refractivity contribution >= 4 is 14.0 Å². The second-order valence-electron chi connectivity index (χ2n) is 4.19. The van der Waals surface area contributed by atoms with E-state index in [9.17, 15) is 9.59 Å². The summed E-state index contributed by atoms with van der Waals surface area (Å²) >= 11 is 0. The van der Waals surface area contributed by atoms with Gasteiger partial charge in [-0.3, -0.25) is 0 Å². The molecule has 2 N–H and O–H groups in total. The molecule has 0 aliphatic carbocycles. The second kappa shape index (κ2) is 3.82. The Labute approximate surface area is 85.3 Å². The minimum atomic E-state index is -3.71. The number of hydrogen-bond donors (Lipinski definition) is 2. The van der Waals surface area contributed by atoms with Gasteiger partial charge in [0.05, 0.1) is 5.60 Å². The molecular formula is C10H16O3Si. The zero-order valence-electron chi connectivity index (χ0n) is 8.69. The molecule has 1 aromatic rings. The first kappa shape index (κ1) is 11.4. The van der Waals surface area contributed by atoms with E-state index in [0.717, 1.165) is 0 Å². The molecule has 0 heterocycles. The Morgan fingerprint density at radius 2 is 1.57 bits per heavy atom. The molecule has 3 nitrogen and oxygen atoms in total. The minimum Gasteiger partial charge on any atom is -0.386 e. The molecule has 0 aliphatic rings. The molecule has 4 heteroatoms. The molecular weight excluding hydrogens is 196 g/mol.